The molecular weight excluding hydrogens is 315 g/mol. The first kappa shape index (κ1) is 18.4. The molecule has 1 aliphatic heterocycles. The van der Waals surface area contributed by atoms with Gasteiger partial charge in [-0.25, -0.2) is 4.39 Å². The number of nitrogens with zero attached hydrogens (tertiary/aromatic N) is 2. The van der Waals surface area contributed by atoms with Crippen LogP contribution in [-0.2, 0) is 19.1 Å². The molecule has 0 spiro atoms. The number of benzene rings is 1. The molecule has 1 amide bonds. The minimum absolute atomic E-state index is 0.0571. The van der Waals surface area contributed by atoms with Crippen LogP contribution in [0.2, 0.25) is 0 Å². The molecule has 0 radical (unpaired) electrons. The molecule has 2 rings (SSSR count). The van der Waals surface area contributed by atoms with Gasteiger partial charge in [-0.2, -0.15) is 0 Å². The molecule has 0 aromatic heterocycles. The number of carbonyl (C=O) groups is 2. The molecule has 1 atom stereocenters. The van der Waals surface area contributed by atoms with E-state index in [1.165, 1.54) is 17.0 Å². The topological polar surface area (TPSA) is 59.1 Å². The van der Waals surface area contributed by atoms with Crippen LogP contribution in [0.4, 0.5) is 4.39 Å². The van der Waals surface area contributed by atoms with Crippen molar-refractivity contribution in [1.29, 1.82) is 0 Å². The lowest BCUT2D eigenvalue weighted by molar-refractivity contribution is -0.148. The summed E-state index contributed by atoms with van der Waals surface area (Å²) in [7, 11) is 1.58. The molecule has 1 saturated heterocycles. The van der Waals surface area contributed by atoms with Crippen molar-refractivity contribution in [3.05, 3.63) is 35.6 Å². The first-order valence-electron chi connectivity index (χ1n) is 7.98. The molecule has 1 heterocycles. The van der Waals surface area contributed by atoms with Crippen LogP contribution in [0.5, 0.6) is 0 Å². The van der Waals surface area contributed by atoms with Gasteiger partial charge in [-0.05, 0) is 24.6 Å². The second-order valence-corrected chi connectivity index (χ2v) is 5.70. The lowest BCUT2D eigenvalue weighted by Gasteiger charge is -2.33. The summed E-state index contributed by atoms with van der Waals surface area (Å²) < 4.78 is 23.6. The number of likely N-dealkylation sites (N-methyl/N-ethyl adjacent to an activating group) is 1. The normalized spacial score (nSPS) is 18.2. The summed E-state index contributed by atoms with van der Waals surface area (Å²) in [5.41, 5.74) is 0.883. The molecule has 132 valence electrons. The van der Waals surface area contributed by atoms with Gasteiger partial charge in [0.25, 0.3) is 0 Å². The summed E-state index contributed by atoms with van der Waals surface area (Å²) in [6, 6.07) is 6.18. The maximum absolute atomic E-state index is 13.0. The second-order valence-electron chi connectivity index (χ2n) is 5.70. The van der Waals surface area contributed by atoms with Crippen LogP contribution in [0, 0.1) is 5.82 Å². The number of rotatable bonds is 6. The zero-order valence-corrected chi connectivity index (χ0v) is 14.0. The van der Waals surface area contributed by atoms with Crippen molar-refractivity contribution < 1.29 is 23.5 Å². The van der Waals surface area contributed by atoms with Crippen LogP contribution >= 0.6 is 0 Å². The quantitative estimate of drug-likeness (QED) is 0.730. The summed E-state index contributed by atoms with van der Waals surface area (Å²) >= 11 is 0. The van der Waals surface area contributed by atoms with Crippen molar-refractivity contribution in [3.63, 3.8) is 0 Å². The maximum Gasteiger partial charge on any atom is 0.325 e. The maximum atomic E-state index is 13.0. The van der Waals surface area contributed by atoms with E-state index in [0.717, 1.165) is 5.56 Å². The van der Waals surface area contributed by atoms with Gasteiger partial charge in [-0.3, -0.25) is 14.5 Å². The minimum atomic E-state index is -0.417. The van der Waals surface area contributed by atoms with Crippen LogP contribution in [0.25, 0.3) is 0 Å². The van der Waals surface area contributed by atoms with Gasteiger partial charge in [0, 0.05) is 20.1 Å². The monoisotopic (exact) mass is 338 g/mol. The predicted molar refractivity (Wildman–Crippen MR) is 85.8 cm³/mol. The van der Waals surface area contributed by atoms with Gasteiger partial charge in [0.1, 0.15) is 12.4 Å². The zero-order valence-electron chi connectivity index (χ0n) is 14.0. The smallest absolute Gasteiger partial charge is 0.325 e. The molecule has 1 aromatic rings. The lowest BCUT2D eigenvalue weighted by atomic mass is 10.1. The predicted octanol–water partition coefficient (Wildman–Crippen LogP) is 1.22. The Morgan fingerprint density at radius 3 is 2.75 bits per heavy atom. The molecule has 1 aromatic carbocycles. The van der Waals surface area contributed by atoms with Gasteiger partial charge in [-0.15, -0.1) is 0 Å². The zero-order chi connectivity index (χ0) is 17.5. The van der Waals surface area contributed by atoms with Crippen LogP contribution in [0.1, 0.15) is 18.6 Å². The molecule has 1 fully saturated rings. The third-order valence-electron chi connectivity index (χ3n) is 3.85. The number of amides is 1. The van der Waals surface area contributed by atoms with Gasteiger partial charge in [0.15, 0.2) is 0 Å². The Morgan fingerprint density at radius 2 is 2.08 bits per heavy atom. The van der Waals surface area contributed by atoms with E-state index in [9.17, 15) is 14.0 Å². The third-order valence-corrected chi connectivity index (χ3v) is 3.85. The molecule has 0 bridgehead atoms. The van der Waals surface area contributed by atoms with Crippen molar-refractivity contribution in [2.75, 3.05) is 46.4 Å². The molecule has 0 unspecified atom stereocenters. The van der Waals surface area contributed by atoms with Crippen LogP contribution in [0.3, 0.4) is 0 Å². The van der Waals surface area contributed by atoms with Crippen molar-refractivity contribution in [2.45, 2.75) is 13.0 Å². The number of carbonyl (C=O) groups excluding carboxylic acids is 2. The fourth-order valence-corrected chi connectivity index (χ4v) is 2.53. The third kappa shape index (κ3) is 5.28. The summed E-state index contributed by atoms with van der Waals surface area (Å²) in [5, 5.41) is 0. The summed E-state index contributed by atoms with van der Waals surface area (Å²) in [6.07, 6.45) is -0.192. The molecule has 6 nitrogen and oxygen atoms in total. The highest BCUT2D eigenvalue weighted by atomic mass is 19.1. The van der Waals surface area contributed by atoms with E-state index in [2.05, 4.69) is 0 Å². The number of hydrogen-bond acceptors (Lipinski definition) is 5. The molecule has 0 aliphatic carbocycles. The van der Waals surface area contributed by atoms with Gasteiger partial charge in [0.2, 0.25) is 5.91 Å². The van der Waals surface area contributed by atoms with Crippen LogP contribution < -0.4 is 0 Å². The van der Waals surface area contributed by atoms with Crippen LogP contribution in [0.15, 0.2) is 24.3 Å². The molecule has 1 aliphatic rings. The average Bonchev–Trinajstić information content (AvgIpc) is 2.56. The Labute approximate surface area is 141 Å². The number of halogens is 1. The number of morpholine rings is 1. The molecule has 0 saturated carbocycles. The average molecular weight is 338 g/mol. The number of ether oxygens (including phenoxy) is 2. The first-order chi connectivity index (χ1) is 11.5. The van der Waals surface area contributed by atoms with Crippen molar-refractivity contribution in [1.82, 2.24) is 9.80 Å². The van der Waals surface area contributed by atoms with Gasteiger partial charge in [-0.1, -0.05) is 12.1 Å². The van der Waals surface area contributed by atoms with Gasteiger partial charge < -0.3 is 14.4 Å². The molecule has 7 heteroatoms. The summed E-state index contributed by atoms with van der Waals surface area (Å²) in [6.45, 7) is 3.85. The van der Waals surface area contributed by atoms with E-state index >= 15 is 0 Å². The van der Waals surface area contributed by atoms with Crippen molar-refractivity contribution in [3.8, 4) is 0 Å². The SMILES string of the molecule is CCOC(=O)CN(C)C(=O)CN1CCO[C@@H](c2ccc(F)cc2)C1. The van der Waals surface area contributed by atoms with E-state index in [0.29, 0.717) is 26.3 Å². The van der Waals surface area contributed by atoms with E-state index in [4.69, 9.17) is 9.47 Å². The Balaban J connectivity index is 1.86. The van der Waals surface area contributed by atoms with Gasteiger partial charge >= 0.3 is 5.97 Å². The highest BCUT2D eigenvalue weighted by Crippen LogP contribution is 2.22. The summed E-state index contributed by atoms with van der Waals surface area (Å²) in [5.74, 6) is -0.857. The van der Waals surface area contributed by atoms with Crippen LogP contribution in [-0.4, -0.2) is 68.1 Å². The second kappa shape index (κ2) is 8.75. The highest BCUT2D eigenvalue weighted by molar-refractivity contribution is 5.83. The fraction of sp³-hybridized carbons (Fsp3) is 0.529. The minimum Gasteiger partial charge on any atom is -0.465 e. The Morgan fingerprint density at radius 1 is 1.38 bits per heavy atom. The molecular formula is C17H23FN2O4. The van der Waals surface area contributed by atoms with Crippen molar-refractivity contribution >= 4 is 11.9 Å². The highest BCUT2D eigenvalue weighted by Gasteiger charge is 2.25. The van der Waals surface area contributed by atoms with Crippen molar-refractivity contribution in [2.24, 2.45) is 0 Å². The van der Waals surface area contributed by atoms with E-state index in [1.54, 1.807) is 26.1 Å². The molecule has 0 N–H and O–H groups in total. The standard InChI is InChI=1S/C17H23FN2O4/c1-3-23-17(22)12-19(2)16(21)11-20-8-9-24-15(10-20)13-4-6-14(18)7-5-13/h4-7,15H,3,8-12H2,1-2H3/t15-/m1/s1. The lowest BCUT2D eigenvalue weighted by Crippen LogP contribution is -2.45. The van der Waals surface area contributed by atoms with Gasteiger partial charge in [0.05, 0.1) is 25.9 Å². The Hall–Kier alpha value is -1.99. The fourth-order valence-electron chi connectivity index (χ4n) is 2.53. The number of esters is 1. The largest absolute Gasteiger partial charge is 0.465 e. The summed E-state index contributed by atoms with van der Waals surface area (Å²) in [4.78, 5) is 27.0. The Bertz CT molecular complexity index is 564. The van der Waals surface area contributed by atoms with E-state index in [-0.39, 0.29) is 30.9 Å². The Kier molecular flexibility index (Phi) is 6.69. The first-order valence-corrected chi connectivity index (χ1v) is 7.98. The molecule has 24 heavy (non-hydrogen) atoms. The van der Waals surface area contributed by atoms with E-state index < -0.39 is 5.97 Å². The van der Waals surface area contributed by atoms with E-state index in [1.807, 2.05) is 4.90 Å². The number of hydrogen-bond donors (Lipinski definition) is 0.